The molecule has 0 radical (unpaired) electrons. The minimum absolute atomic E-state index is 0.252. The van der Waals surface area contributed by atoms with Crippen molar-refractivity contribution < 1.29 is 29.0 Å². The van der Waals surface area contributed by atoms with Gasteiger partial charge in [-0.3, -0.25) is 19.7 Å². The Kier molecular flexibility index (Phi) is 6.03. The van der Waals surface area contributed by atoms with Gasteiger partial charge in [0.25, 0.3) is 0 Å². The van der Waals surface area contributed by atoms with E-state index in [0.29, 0.717) is 0 Å². The molecule has 0 aliphatic heterocycles. The van der Waals surface area contributed by atoms with Crippen LogP contribution in [0, 0.1) is 0 Å². The summed E-state index contributed by atoms with van der Waals surface area (Å²) in [4.78, 5) is 31.4. The molecule has 0 aliphatic rings. The zero-order valence-corrected chi connectivity index (χ0v) is 8.48. The van der Waals surface area contributed by atoms with Gasteiger partial charge >= 0.3 is 17.9 Å². The lowest BCUT2D eigenvalue weighted by Gasteiger charge is -2.12. The molecule has 1 atom stereocenters. The van der Waals surface area contributed by atoms with E-state index in [9.17, 15) is 14.4 Å². The summed E-state index contributed by atoms with van der Waals surface area (Å²) in [5, 5.41) is 10.6. The summed E-state index contributed by atoms with van der Waals surface area (Å²) in [7, 11) is 0. The molecule has 7 nitrogen and oxygen atoms in total. The highest BCUT2D eigenvalue weighted by atomic mass is 16.7. The van der Waals surface area contributed by atoms with Crippen molar-refractivity contribution in [3.05, 3.63) is 0 Å². The van der Waals surface area contributed by atoms with E-state index in [1.807, 2.05) is 0 Å². The van der Waals surface area contributed by atoms with Gasteiger partial charge in [0.1, 0.15) is 0 Å². The number of esters is 2. The van der Waals surface area contributed by atoms with Crippen LogP contribution in [0.25, 0.3) is 0 Å². The number of carbonyl (C=O) groups excluding carboxylic acids is 2. The van der Waals surface area contributed by atoms with Gasteiger partial charge in [-0.2, -0.15) is 0 Å². The first-order chi connectivity index (χ1) is 6.91. The Labute approximate surface area is 86.3 Å². The molecule has 0 heterocycles. The number of hydrogen-bond donors (Lipinski definition) is 2. The van der Waals surface area contributed by atoms with Crippen LogP contribution in [0.15, 0.2) is 0 Å². The van der Waals surface area contributed by atoms with Gasteiger partial charge in [-0.05, 0) is 0 Å². The molecule has 7 heteroatoms. The van der Waals surface area contributed by atoms with Crippen molar-refractivity contribution in [1.82, 2.24) is 5.32 Å². The molecule has 86 valence electrons. The summed E-state index contributed by atoms with van der Waals surface area (Å²) in [6, 6.07) is 0. The highest BCUT2D eigenvalue weighted by Crippen LogP contribution is 1.94. The fraction of sp³-hybridized carbons (Fsp3) is 0.625. The number of nitrogens with one attached hydrogen (secondary N) is 1. The maximum atomic E-state index is 10.9. The summed E-state index contributed by atoms with van der Waals surface area (Å²) >= 11 is 0. The first-order valence-corrected chi connectivity index (χ1v) is 4.21. The number of carboxylic acids is 1. The molecule has 0 amide bonds. The maximum Gasteiger partial charge on any atom is 0.322 e. The molecular formula is C8H13NO6. The number of aliphatic carboxylic acids is 1. The summed E-state index contributed by atoms with van der Waals surface area (Å²) in [6.07, 6.45) is -0.971. The fourth-order valence-electron chi connectivity index (χ4n) is 0.756. The lowest BCUT2D eigenvalue weighted by molar-refractivity contribution is -0.182. The van der Waals surface area contributed by atoms with Crippen molar-refractivity contribution in [2.24, 2.45) is 0 Å². The van der Waals surface area contributed by atoms with Gasteiger partial charge in [0.2, 0.25) is 6.29 Å². The Morgan fingerprint density at radius 1 is 1.27 bits per heavy atom. The highest BCUT2D eigenvalue weighted by Gasteiger charge is 2.11. The highest BCUT2D eigenvalue weighted by molar-refractivity contribution is 5.74. The van der Waals surface area contributed by atoms with Crippen molar-refractivity contribution in [2.75, 3.05) is 13.1 Å². The number of hydrogen-bond acceptors (Lipinski definition) is 6. The average Bonchev–Trinajstić information content (AvgIpc) is 2.00. The largest absolute Gasteiger partial charge is 0.480 e. The Morgan fingerprint density at radius 3 is 2.33 bits per heavy atom. The quantitative estimate of drug-likeness (QED) is 0.441. The number of carbonyl (C=O) groups is 3. The van der Waals surface area contributed by atoms with Gasteiger partial charge in [-0.15, -0.1) is 0 Å². The molecule has 1 unspecified atom stereocenters. The predicted molar refractivity (Wildman–Crippen MR) is 47.8 cm³/mol. The molecule has 0 aromatic rings. The van der Waals surface area contributed by atoms with E-state index in [-0.39, 0.29) is 13.1 Å². The third kappa shape index (κ3) is 8.69. The van der Waals surface area contributed by atoms with Crippen LogP contribution in [-0.2, 0) is 23.9 Å². The standard InChI is InChI=1S/C8H13NO6/c1-5(10)14-6(2)15-8(13)4-9-3-7(11)12/h6,9H,3-4H2,1-2H3,(H,11,12). The lowest BCUT2D eigenvalue weighted by atomic mass is 10.6. The second-order valence-corrected chi connectivity index (χ2v) is 2.66. The summed E-state index contributed by atoms with van der Waals surface area (Å²) in [6.45, 7) is 1.98. The minimum atomic E-state index is -1.07. The molecule has 0 aromatic heterocycles. The monoisotopic (exact) mass is 219 g/mol. The van der Waals surface area contributed by atoms with Gasteiger partial charge in [0.05, 0.1) is 13.1 Å². The molecule has 0 aliphatic carbocycles. The van der Waals surface area contributed by atoms with Crippen LogP contribution >= 0.6 is 0 Å². The van der Waals surface area contributed by atoms with Crippen molar-refractivity contribution >= 4 is 17.9 Å². The first-order valence-electron chi connectivity index (χ1n) is 4.21. The zero-order chi connectivity index (χ0) is 11.8. The molecule has 0 spiro atoms. The van der Waals surface area contributed by atoms with Crippen molar-refractivity contribution in [1.29, 1.82) is 0 Å². The summed E-state index contributed by atoms with van der Waals surface area (Å²) in [5.41, 5.74) is 0. The van der Waals surface area contributed by atoms with Gasteiger partial charge in [0.15, 0.2) is 0 Å². The maximum absolute atomic E-state index is 10.9. The van der Waals surface area contributed by atoms with Crippen LogP contribution in [0.2, 0.25) is 0 Å². The molecular weight excluding hydrogens is 206 g/mol. The topological polar surface area (TPSA) is 102 Å². The molecule has 0 saturated carbocycles. The molecule has 15 heavy (non-hydrogen) atoms. The van der Waals surface area contributed by atoms with Crippen LogP contribution in [0.3, 0.4) is 0 Å². The van der Waals surface area contributed by atoms with Gasteiger partial charge in [-0.25, -0.2) is 0 Å². The van der Waals surface area contributed by atoms with E-state index in [1.54, 1.807) is 0 Å². The lowest BCUT2D eigenvalue weighted by Crippen LogP contribution is -2.32. The van der Waals surface area contributed by atoms with E-state index >= 15 is 0 Å². The van der Waals surface area contributed by atoms with E-state index in [0.717, 1.165) is 0 Å². The molecule has 2 N–H and O–H groups in total. The van der Waals surface area contributed by atoms with Crippen LogP contribution in [-0.4, -0.2) is 42.4 Å². The smallest absolute Gasteiger partial charge is 0.322 e. The van der Waals surface area contributed by atoms with Crippen molar-refractivity contribution in [2.45, 2.75) is 20.1 Å². The van der Waals surface area contributed by atoms with Crippen LogP contribution in [0.5, 0.6) is 0 Å². The summed E-state index contributed by atoms with van der Waals surface area (Å²) < 4.78 is 9.13. The van der Waals surface area contributed by atoms with E-state index in [4.69, 9.17) is 5.11 Å². The van der Waals surface area contributed by atoms with Gasteiger partial charge in [0, 0.05) is 13.8 Å². The Morgan fingerprint density at radius 2 is 1.87 bits per heavy atom. The Bertz CT molecular complexity index is 252. The Hall–Kier alpha value is -1.63. The first kappa shape index (κ1) is 13.4. The Balaban J connectivity index is 3.64. The van der Waals surface area contributed by atoms with Crippen molar-refractivity contribution in [3.63, 3.8) is 0 Å². The molecule has 0 bridgehead atoms. The van der Waals surface area contributed by atoms with Gasteiger partial charge in [-0.1, -0.05) is 0 Å². The van der Waals surface area contributed by atoms with E-state index in [1.165, 1.54) is 13.8 Å². The predicted octanol–water partition coefficient (Wildman–Crippen LogP) is -0.887. The molecule has 0 rings (SSSR count). The van der Waals surface area contributed by atoms with E-state index in [2.05, 4.69) is 14.8 Å². The van der Waals surface area contributed by atoms with Crippen LogP contribution < -0.4 is 5.32 Å². The zero-order valence-electron chi connectivity index (χ0n) is 8.48. The second-order valence-electron chi connectivity index (χ2n) is 2.66. The van der Waals surface area contributed by atoms with Crippen molar-refractivity contribution in [3.8, 4) is 0 Å². The van der Waals surface area contributed by atoms with E-state index < -0.39 is 24.2 Å². The third-order valence-electron chi connectivity index (χ3n) is 1.17. The fourth-order valence-corrected chi connectivity index (χ4v) is 0.756. The summed E-state index contributed by atoms with van der Waals surface area (Å²) in [5.74, 6) is -2.32. The number of ether oxygens (including phenoxy) is 2. The molecule has 0 aromatic carbocycles. The molecule has 0 fully saturated rings. The minimum Gasteiger partial charge on any atom is -0.480 e. The third-order valence-corrected chi connectivity index (χ3v) is 1.17. The average molecular weight is 219 g/mol. The normalized spacial score (nSPS) is 11.6. The number of carboxylic acid groups (broad SMARTS) is 1. The van der Waals surface area contributed by atoms with Crippen LogP contribution in [0.1, 0.15) is 13.8 Å². The molecule has 0 saturated heterocycles. The van der Waals surface area contributed by atoms with Gasteiger partial charge < -0.3 is 14.6 Å². The van der Waals surface area contributed by atoms with Crippen LogP contribution in [0.4, 0.5) is 0 Å². The number of rotatable bonds is 6. The second kappa shape index (κ2) is 6.77. The SMILES string of the molecule is CC(=O)OC(C)OC(=O)CNCC(=O)O.